The van der Waals surface area contributed by atoms with Crippen LogP contribution in [0.2, 0.25) is 0 Å². The maximum atomic E-state index is 13.7. The Labute approximate surface area is 146 Å². The Balaban J connectivity index is 1.57. The van der Waals surface area contributed by atoms with Crippen molar-refractivity contribution in [3.8, 4) is 23.1 Å². The van der Waals surface area contributed by atoms with Crippen LogP contribution in [0.15, 0.2) is 69.8 Å². The minimum atomic E-state index is -0.693. The van der Waals surface area contributed by atoms with E-state index in [1.54, 1.807) is 36.4 Å². The number of aromatic nitrogens is 3. The molecule has 3 aromatic heterocycles. The number of rotatable bonds is 4. The fourth-order valence-corrected chi connectivity index (χ4v) is 2.31. The Morgan fingerprint density at radius 3 is 2.73 bits per heavy atom. The van der Waals surface area contributed by atoms with Gasteiger partial charge in [0.15, 0.2) is 17.3 Å². The van der Waals surface area contributed by atoms with E-state index in [9.17, 15) is 9.18 Å². The first-order valence-electron chi connectivity index (χ1n) is 7.60. The summed E-state index contributed by atoms with van der Waals surface area (Å²) in [4.78, 5) is 15.9. The Bertz CT molecular complexity index is 1060. The first-order valence-corrected chi connectivity index (χ1v) is 7.60. The van der Waals surface area contributed by atoms with Crippen molar-refractivity contribution in [2.45, 2.75) is 0 Å². The molecule has 26 heavy (non-hydrogen) atoms. The quantitative estimate of drug-likeness (QED) is 0.602. The molecule has 0 aliphatic heterocycles. The molecule has 0 unspecified atom stereocenters. The second-order valence-corrected chi connectivity index (χ2v) is 5.26. The molecule has 7 nitrogen and oxygen atoms in total. The Morgan fingerprint density at radius 1 is 1.04 bits per heavy atom. The van der Waals surface area contributed by atoms with Crippen molar-refractivity contribution < 1.29 is 18.0 Å². The lowest BCUT2D eigenvalue weighted by atomic mass is 10.2. The molecule has 4 aromatic rings. The molecule has 3 heterocycles. The molecule has 0 saturated heterocycles. The summed E-state index contributed by atoms with van der Waals surface area (Å²) in [6.07, 6.45) is 2.86. The summed E-state index contributed by atoms with van der Waals surface area (Å²) in [5.41, 5.74) is 0.751. The average Bonchev–Trinajstić information content (AvgIpc) is 3.34. The van der Waals surface area contributed by atoms with Crippen LogP contribution in [0.1, 0.15) is 10.5 Å². The van der Waals surface area contributed by atoms with Crippen LogP contribution in [0, 0.1) is 5.82 Å². The number of carbonyl (C=O) groups is 1. The van der Waals surface area contributed by atoms with E-state index in [-0.39, 0.29) is 17.5 Å². The van der Waals surface area contributed by atoms with E-state index in [0.29, 0.717) is 17.0 Å². The molecule has 4 rings (SSSR count). The third-order valence-electron chi connectivity index (χ3n) is 3.50. The summed E-state index contributed by atoms with van der Waals surface area (Å²) in [6.45, 7) is 0. The number of furan rings is 1. The van der Waals surface area contributed by atoms with Gasteiger partial charge in [0.25, 0.3) is 11.8 Å². The highest BCUT2D eigenvalue weighted by Gasteiger charge is 2.15. The molecule has 128 valence electrons. The van der Waals surface area contributed by atoms with Gasteiger partial charge < -0.3 is 14.2 Å². The number of hydrogen-bond acceptors (Lipinski definition) is 6. The van der Waals surface area contributed by atoms with E-state index in [4.69, 9.17) is 8.83 Å². The average molecular weight is 350 g/mol. The predicted octanol–water partition coefficient (Wildman–Crippen LogP) is 3.78. The minimum absolute atomic E-state index is 0.245. The van der Waals surface area contributed by atoms with Gasteiger partial charge in [-0.05, 0) is 42.5 Å². The van der Waals surface area contributed by atoms with Crippen molar-refractivity contribution in [1.82, 2.24) is 15.2 Å². The summed E-state index contributed by atoms with van der Waals surface area (Å²) in [5, 5.41) is 10.5. The lowest BCUT2D eigenvalue weighted by molar-refractivity contribution is 0.101. The third-order valence-corrected chi connectivity index (χ3v) is 3.50. The van der Waals surface area contributed by atoms with E-state index in [1.807, 2.05) is 0 Å². The highest BCUT2D eigenvalue weighted by Crippen LogP contribution is 2.26. The van der Waals surface area contributed by atoms with Crippen LogP contribution in [0.5, 0.6) is 0 Å². The summed E-state index contributed by atoms with van der Waals surface area (Å²) in [7, 11) is 0. The topological polar surface area (TPSA) is 94.1 Å². The van der Waals surface area contributed by atoms with Gasteiger partial charge in [-0.2, -0.15) is 0 Å². The molecule has 1 N–H and O–H groups in total. The Kier molecular flexibility index (Phi) is 3.98. The van der Waals surface area contributed by atoms with Crippen molar-refractivity contribution in [2.24, 2.45) is 0 Å². The molecule has 0 aliphatic rings. The highest BCUT2D eigenvalue weighted by atomic mass is 19.1. The summed E-state index contributed by atoms with van der Waals surface area (Å²) >= 11 is 0. The first-order chi connectivity index (χ1) is 12.7. The van der Waals surface area contributed by atoms with E-state index < -0.39 is 11.7 Å². The lowest BCUT2D eigenvalue weighted by Gasteiger charge is -2.06. The standard InChI is InChI=1S/C18H11FN4O3/c19-13-6-2-8-20-15(13)16(24)21-12-5-1-4-11(10-12)17-22-23-18(26-17)14-7-3-9-25-14/h1-10H,(H,21,24). The molecular weight excluding hydrogens is 339 g/mol. The van der Waals surface area contributed by atoms with Gasteiger partial charge in [0.2, 0.25) is 5.89 Å². The second-order valence-electron chi connectivity index (χ2n) is 5.26. The van der Waals surface area contributed by atoms with Crippen LogP contribution in [-0.4, -0.2) is 21.1 Å². The number of amides is 1. The van der Waals surface area contributed by atoms with Crippen LogP contribution in [0.3, 0.4) is 0 Å². The molecule has 8 heteroatoms. The highest BCUT2D eigenvalue weighted by molar-refractivity contribution is 6.03. The van der Waals surface area contributed by atoms with Crippen LogP contribution >= 0.6 is 0 Å². The molecule has 0 saturated carbocycles. The van der Waals surface area contributed by atoms with Crippen molar-refractivity contribution in [2.75, 3.05) is 5.32 Å². The van der Waals surface area contributed by atoms with Gasteiger partial charge in [-0.15, -0.1) is 10.2 Å². The monoisotopic (exact) mass is 350 g/mol. The largest absolute Gasteiger partial charge is 0.459 e. The van der Waals surface area contributed by atoms with Crippen LogP contribution < -0.4 is 5.32 Å². The number of halogens is 1. The Hall–Kier alpha value is -3.81. The van der Waals surface area contributed by atoms with Gasteiger partial charge >= 0.3 is 0 Å². The smallest absolute Gasteiger partial charge is 0.283 e. The normalized spacial score (nSPS) is 10.7. The van der Waals surface area contributed by atoms with Gasteiger partial charge in [-0.25, -0.2) is 9.37 Å². The van der Waals surface area contributed by atoms with Crippen LogP contribution in [0.4, 0.5) is 10.1 Å². The summed E-state index contributed by atoms with van der Waals surface area (Å²) in [6, 6.07) is 12.8. The number of anilines is 1. The fourth-order valence-electron chi connectivity index (χ4n) is 2.31. The number of benzene rings is 1. The number of nitrogens with one attached hydrogen (secondary N) is 1. The first kappa shape index (κ1) is 15.7. The van der Waals surface area contributed by atoms with Gasteiger partial charge in [-0.3, -0.25) is 4.79 Å². The zero-order chi connectivity index (χ0) is 17.9. The summed E-state index contributed by atoms with van der Waals surface area (Å²) in [5.74, 6) is -0.381. The molecule has 1 amide bonds. The van der Waals surface area contributed by atoms with Crippen molar-refractivity contribution >= 4 is 11.6 Å². The zero-order valence-corrected chi connectivity index (χ0v) is 13.2. The number of nitrogens with zero attached hydrogens (tertiary/aromatic N) is 3. The molecule has 0 aliphatic carbocycles. The molecule has 0 radical (unpaired) electrons. The molecule has 0 fully saturated rings. The molecular formula is C18H11FN4O3. The van der Waals surface area contributed by atoms with Crippen LogP contribution in [0.25, 0.3) is 23.1 Å². The summed E-state index contributed by atoms with van der Waals surface area (Å²) < 4.78 is 24.4. The third kappa shape index (κ3) is 3.07. The predicted molar refractivity (Wildman–Crippen MR) is 89.6 cm³/mol. The zero-order valence-electron chi connectivity index (χ0n) is 13.2. The van der Waals surface area contributed by atoms with E-state index in [2.05, 4.69) is 20.5 Å². The van der Waals surface area contributed by atoms with Gasteiger partial charge in [0.05, 0.1) is 6.26 Å². The molecule has 0 bridgehead atoms. The van der Waals surface area contributed by atoms with Crippen molar-refractivity contribution in [3.63, 3.8) is 0 Å². The molecule has 0 spiro atoms. The van der Waals surface area contributed by atoms with Gasteiger partial charge in [0.1, 0.15) is 0 Å². The molecule has 0 atom stereocenters. The number of hydrogen-bond donors (Lipinski definition) is 1. The Morgan fingerprint density at radius 2 is 1.92 bits per heavy atom. The minimum Gasteiger partial charge on any atom is -0.459 e. The SMILES string of the molecule is O=C(Nc1cccc(-c2nnc(-c3ccco3)o2)c1)c1ncccc1F. The van der Waals surface area contributed by atoms with Crippen molar-refractivity contribution in [3.05, 3.63) is 72.5 Å². The number of carbonyl (C=O) groups excluding carboxylic acids is 1. The fraction of sp³-hybridized carbons (Fsp3) is 0. The van der Waals surface area contributed by atoms with Crippen LogP contribution in [-0.2, 0) is 0 Å². The lowest BCUT2D eigenvalue weighted by Crippen LogP contribution is -2.15. The second kappa shape index (κ2) is 6.60. The maximum Gasteiger partial charge on any atom is 0.283 e. The molecule has 1 aromatic carbocycles. The maximum absolute atomic E-state index is 13.7. The van der Waals surface area contributed by atoms with Gasteiger partial charge in [0, 0.05) is 17.4 Å². The van der Waals surface area contributed by atoms with Gasteiger partial charge in [-0.1, -0.05) is 6.07 Å². The van der Waals surface area contributed by atoms with E-state index in [1.165, 1.54) is 24.6 Å². The number of pyridine rings is 1. The van der Waals surface area contributed by atoms with Crippen molar-refractivity contribution in [1.29, 1.82) is 0 Å². The van der Waals surface area contributed by atoms with E-state index in [0.717, 1.165) is 0 Å². The van der Waals surface area contributed by atoms with E-state index >= 15 is 0 Å².